The summed E-state index contributed by atoms with van der Waals surface area (Å²) in [5.74, 6) is -1.69. The van der Waals surface area contributed by atoms with Crippen LogP contribution in [0, 0.1) is 24.1 Å². The maximum Gasteiger partial charge on any atom is 0.435 e. The van der Waals surface area contributed by atoms with Gasteiger partial charge in [-0.2, -0.15) is 23.5 Å². The molecule has 5 rings (SSSR count). The van der Waals surface area contributed by atoms with Crippen LogP contribution in [0.4, 0.5) is 17.6 Å². The number of rotatable bonds is 4. The Labute approximate surface area is 221 Å². The zero-order valence-corrected chi connectivity index (χ0v) is 21.6. The molecule has 1 fully saturated rings. The predicted octanol–water partition coefficient (Wildman–Crippen LogP) is 5.27. The number of nitrogens with zero attached hydrogens (tertiary/aromatic N) is 4. The summed E-state index contributed by atoms with van der Waals surface area (Å²) in [5, 5.41) is 16.6. The number of nitriles is 1. The van der Waals surface area contributed by atoms with Gasteiger partial charge in [-0.15, -0.1) is 11.3 Å². The Hall–Kier alpha value is -3.49. The van der Waals surface area contributed by atoms with Gasteiger partial charge >= 0.3 is 6.18 Å². The lowest BCUT2D eigenvalue weighted by atomic mass is 9.81. The first-order chi connectivity index (χ1) is 18.1. The number of aromatic nitrogens is 2. The summed E-state index contributed by atoms with van der Waals surface area (Å²) in [6, 6.07) is 6.46. The van der Waals surface area contributed by atoms with Crippen LogP contribution in [-0.2, 0) is 24.6 Å². The van der Waals surface area contributed by atoms with Crippen LogP contribution in [0.15, 0.2) is 36.5 Å². The van der Waals surface area contributed by atoms with E-state index in [-0.39, 0.29) is 36.2 Å². The smallest absolute Gasteiger partial charge is 0.333 e. The number of carbonyl (C=O) groups excluding carboxylic acids is 1. The van der Waals surface area contributed by atoms with E-state index < -0.39 is 23.6 Å². The van der Waals surface area contributed by atoms with Crippen molar-refractivity contribution in [2.75, 3.05) is 13.1 Å². The number of carbonyl (C=O) groups is 1. The summed E-state index contributed by atoms with van der Waals surface area (Å²) < 4.78 is 58.1. The summed E-state index contributed by atoms with van der Waals surface area (Å²) >= 11 is 1.26. The number of nitrogens with one attached hydrogen (secondary N) is 1. The Kier molecular flexibility index (Phi) is 6.88. The van der Waals surface area contributed by atoms with Crippen molar-refractivity contribution in [2.45, 2.75) is 44.4 Å². The Bertz CT molecular complexity index is 1460. The molecule has 0 spiro atoms. The average molecular weight is 544 g/mol. The molecule has 0 saturated carbocycles. The fraction of sp³-hybridized carbons (Fsp3) is 0.370. The lowest BCUT2D eigenvalue weighted by molar-refractivity contribution is -0.141. The third-order valence-electron chi connectivity index (χ3n) is 7.13. The first-order valence-corrected chi connectivity index (χ1v) is 13.0. The Balaban J connectivity index is 1.63. The van der Waals surface area contributed by atoms with Gasteiger partial charge in [-0.05, 0) is 49.1 Å². The first kappa shape index (κ1) is 26.1. The molecule has 0 aliphatic carbocycles. The number of alkyl halides is 3. The molecular weight excluding hydrogens is 518 g/mol. The maximum absolute atomic E-state index is 15.4. The fourth-order valence-electron chi connectivity index (χ4n) is 5.41. The van der Waals surface area contributed by atoms with E-state index >= 15 is 4.39 Å². The SMILES string of the molecule is Cc1c(C#N)sc2c1[C@H](c1cccc(F)c1-c1cn(C)nc1C(F)(F)F)CN(C(=O)/C=C/[C@@H]1CCCN1)C2. The van der Waals surface area contributed by atoms with Gasteiger partial charge in [-0.3, -0.25) is 9.48 Å². The molecule has 11 heteroatoms. The molecule has 198 valence electrons. The highest BCUT2D eigenvalue weighted by atomic mass is 32.1. The van der Waals surface area contributed by atoms with E-state index in [1.807, 2.05) is 6.08 Å². The topological polar surface area (TPSA) is 74.0 Å². The normalized spacial score (nSPS) is 19.7. The molecule has 1 aromatic carbocycles. The maximum atomic E-state index is 15.4. The standard InChI is InChI=1S/C27H25F4N5OS/c1-15-21(11-32)38-22-14-36(23(37)9-8-16-5-4-10-33-16)13-18(24(15)22)17-6-3-7-20(28)25(17)19-12-35(2)34-26(19)27(29,30)31/h3,6-9,12,16,18,33H,4-5,10,13-14H2,1-2H3/b9-8+/t16-,18-/m0/s1. The molecule has 1 saturated heterocycles. The van der Waals surface area contributed by atoms with Crippen molar-refractivity contribution in [3.8, 4) is 17.2 Å². The predicted molar refractivity (Wildman–Crippen MR) is 135 cm³/mol. The molecule has 38 heavy (non-hydrogen) atoms. The number of halogens is 4. The number of hydrogen-bond donors (Lipinski definition) is 1. The van der Waals surface area contributed by atoms with Gasteiger partial charge < -0.3 is 10.2 Å². The molecule has 2 aliphatic rings. The Morgan fingerprint density at radius 1 is 1.34 bits per heavy atom. The van der Waals surface area contributed by atoms with Crippen molar-refractivity contribution in [3.05, 3.63) is 74.5 Å². The molecule has 2 aromatic heterocycles. The molecule has 1 amide bonds. The van der Waals surface area contributed by atoms with Crippen LogP contribution in [-0.4, -0.2) is 39.7 Å². The third kappa shape index (κ3) is 4.74. The van der Waals surface area contributed by atoms with Crippen molar-refractivity contribution in [3.63, 3.8) is 0 Å². The summed E-state index contributed by atoms with van der Waals surface area (Å²) in [4.78, 5) is 16.1. The molecule has 2 aliphatic heterocycles. The molecule has 3 aromatic rings. The largest absolute Gasteiger partial charge is 0.435 e. The van der Waals surface area contributed by atoms with Crippen molar-refractivity contribution >= 4 is 17.2 Å². The van der Waals surface area contributed by atoms with Gasteiger partial charge in [0.2, 0.25) is 5.91 Å². The van der Waals surface area contributed by atoms with Gasteiger partial charge in [0.25, 0.3) is 0 Å². The van der Waals surface area contributed by atoms with Crippen LogP contribution in [0.2, 0.25) is 0 Å². The highest BCUT2D eigenvalue weighted by Gasteiger charge is 2.40. The van der Waals surface area contributed by atoms with Crippen LogP contribution in [0.25, 0.3) is 11.1 Å². The van der Waals surface area contributed by atoms with Crippen LogP contribution < -0.4 is 5.32 Å². The van der Waals surface area contributed by atoms with Gasteiger partial charge in [0, 0.05) is 53.8 Å². The number of aryl methyl sites for hydroxylation is 1. The van der Waals surface area contributed by atoms with E-state index in [2.05, 4.69) is 16.5 Å². The van der Waals surface area contributed by atoms with Crippen molar-refractivity contribution in [2.24, 2.45) is 7.05 Å². The van der Waals surface area contributed by atoms with Crippen LogP contribution >= 0.6 is 11.3 Å². The van der Waals surface area contributed by atoms with Crippen molar-refractivity contribution in [1.29, 1.82) is 5.26 Å². The van der Waals surface area contributed by atoms with E-state index in [4.69, 9.17) is 0 Å². The number of benzene rings is 1. The zero-order valence-electron chi connectivity index (χ0n) is 20.8. The number of amides is 1. The minimum absolute atomic E-state index is 0.116. The van der Waals surface area contributed by atoms with Crippen LogP contribution in [0.3, 0.4) is 0 Å². The minimum Gasteiger partial charge on any atom is -0.333 e. The highest BCUT2D eigenvalue weighted by molar-refractivity contribution is 7.12. The number of fused-ring (bicyclic) bond motifs is 1. The van der Waals surface area contributed by atoms with Gasteiger partial charge in [0.1, 0.15) is 16.8 Å². The molecular formula is C27H25F4N5OS. The van der Waals surface area contributed by atoms with Crippen molar-refractivity contribution < 1.29 is 22.4 Å². The van der Waals surface area contributed by atoms with E-state index in [0.717, 1.165) is 46.8 Å². The summed E-state index contributed by atoms with van der Waals surface area (Å²) in [5.41, 5.74) is 0.0388. The second-order valence-corrected chi connectivity index (χ2v) is 10.7. The van der Waals surface area contributed by atoms with Crippen LogP contribution in [0.1, 0.15) is 50.9 Å². The van der Waals surface area contributed by atoms with Gasteiger partial charge in [0.15, 0.2) is 5.69 Å². The van der Waals surface area contributed by atoms with Gasteiger partial charge in [-0.25, -0.2) is 4.39 Å². The first-order valence-electron chi connectivity index (χ1n) is 12.2. The molecule has 0 radical (unpaired) electrons. The summed E-state index contributed by atoms with van der Waals surface area (Å²) in [7, 11) is 1.35. The van der Waals surface area contributed by atoms with E-state index in [9.17, 15) is 23.2 Å². The average Bonchev–Trinajstić information content (AvgIpc) is 3.60. The quantitative estimate of drug-likeness (QED) is 0.360. The molecule has 0 unspecified atom stereocenters. The number of hydrogen-bond acceptors (Lipinski definition) is 5. The lowest BCUT2D eigenvalue weighted by Crippen LogP contribution is -2.37. The molecule has 1 N–H and O–H groups in total. The Morgan fingerprint density at radius 2 is 2.13 bits per heavy atom. The van der Waals surface area contributed by atoms with Gasteiger partial charge in [0.05, 0.1) is 6.54 Å². The monoisotopic (exact) mass is 543 g/mol. The zero-order chi connectivity index (χ0) is 27.2. The van der Waals surface area contributed by atoms with Gasteiger partial charge in [-0.1, -0.05) is 18.2 Å². The molecule has 2 atom stereocenters. The number of thiophene rings is 1. The van der Waals surface area contributed by atoms with Crippen molar-refractivity contribution in [1.82, 2.24) is 20.0 Å². The van der Waals surface area contributed by atoms with E-state index in [1.165, 1.54) is 30.5 Å². The lowest BCUT2D eigenvalue weighted by Gasteiger charge is -2.34. The van der Waals surface area contributed by atoms with E-state index in [0.29, 0.717) is 16.0 Å². The second-order valence-electron chi connectivity index (χ2n) is 9.61. The fourth-order valence-corrected chi connectivity index (χ4v) is 6.59. The molecule has 4 heterocycles. The highest BCUT2D eigenvalue weighted by Crippen LogP contribution is 2.46. The molecule has 6 nitrogen and oxygen atoms in total. The Morgan fingerprint density at radius 3 is 2.82 bits per heavy atom. The van der Waals surface area contributed by atoms with E-state index in [1.54, 1.807) is 17.9 Å². The van der Waals surface area contributed by atoms with Crippen LogP contribution in [0.5, 0.6) is 0 Å². The summed E-state index contributed by atoms with van der Waals surface area (Å²) in [6.45, 7) is 3.08. The third-order valence-corrected chi connectivity index (χ3v) is 8.32. The summed E-state index contributed by atoms with van der Waals surface area (Å²) in [6.07, 6.45) is 1.69. The molecule has 0 bridgehead atoms. The second kappa shape index (κ2) is 10.0. The minimum atomic E-state index is -4.79.